The predicted molar refractivity (Wildman–Crippen MR) is 70.6 cm³/mol. The molecule has 3 aromatic rings. The molecule has 0 saturated heterocycles. The largest absolute Gasteiger partial charge is 0.507 e. The lowest BCUT2D eigenvalue weighted by Gasteiger charge is -2.00. The molecule has 1 heterocycles. The number of nitrogens with two attached hydrogens (primary N) is 1. The van der Waals surface area contributed by atoms with Crippen LogP contribution in [-0.2, 0) is 7.05 Å². The van der Waals surface area contributed by atoms with Crippen LogP contribution in [0.5, 0.6) is 5.75 Å². The minimum Gasteiger partial charge on any atom is -0.507 e. The van der Waals surface area contributed by atoms with E-state index in [9.17, 15) is 9.90 Å². The molecule has 3 rings (SSSR count). The van der Waals surface area contributed by atoms with E-state index in [0.29, 0.717) is 16.3 Å². The van der Waals surface area contributed by atoms with Crippen molar-refractivity contribution in [2.45, 2.75) is 0 Å². The second-order valence-electron chi connectivity index (χ2n) is 4.29. The van der Waals surface area contributed by atoms with Crippen LogP contribution in [0.3, 0.4) is 0 Å². The summed E-state index contributed by atoms with van der Waals surface area (Å²) in [7, 11) is 1.90. The average Bonchev–Trinajstić information content (AvgIpc) is 2.65. The molecule has 2 aromatic carbocycles. The van der Waals surface area contributed by atoms with E-state index in [1.54, 1.807) is 24.3 Å². The molecule has 4 heteroatoms. The molecule has 0 spiro atoms. The van der Waals surface area contributed by atoms with Crippen LogP contribution in [0.25, 0.3) is 21.8 Å². The molecule has 4 nitrogen and oxygen atoms in total. The first kappa shape index (κ1) is 10.7. The average molecular weight is 240 g/mol. The van der Waals surface area contributed by atoms with Crippen molar-refractivity contribution in [2.24, 2.45) is 12.8 Å². The number of hydrogen-bond donors (Lipinski definition) is 2. The van der Waals surface area contributed by atoms with Crippen molar-refractivity contribution in [1.82, 2.24) is 4.57 Å². The van der Waals surface area contributed by atoms with Gasteiger partial charge in [-0.2, -0.15) is 0 Å². The highest BCUT2D eigenvalue weighted by Gasteiger charge is 2.16. The number of nitrogens with zero attached hydrogens (tertiary/aromatic N) is 1. The Balaban J connectivity index is 2.67. The van der Waals surface area contributed by atoms with Crippen LogP contribution in [0, 0.1) is 0 Å². The number of phenolic OH excluding ortho intramolecular Hbond substituents is 1. The normalized spacial score (nSPS) is 11.2. The molecule has 0 atom stereocenters. The van der Waals surface area contributed by atoms with Crippen LogP contribution < -0.4 is 5.73 Å². The fraction of sp³-hybridized carbons (Fsp3) is 0.0714. The van der Waals surface area contributed by atoms with Gasteiger partial charge in [0.05, 0.1) is 10.9 Å². The number of aromatic hydroxyl groups is 1. The lowest BCUT2D eigenvalue weighted by atomic mass is 10.1. The van der Waals surface area contributed by atoms with Crippen LogP contribution in [0.2, 0.25) is 0 Å². The molecule has 0 fully saturated rings. The molecule has 0 aliphatic heterocycles. The Bertz CT molecular complexity index is 787. The summed E-state index contributed by atoms with van der Waals surface area (Å²) in [6, 6.07) is 10.7. The number of aryl methyl sites for hydroxylation is 1. The second-order valence-corrected chi connectivity index (χ2v) is 4.29. The molecule has 1 aromatic heterocycles. The van der Waals surface area contributed by atoms with Gasteiger partial charge in [0, 0.05) is 23.5 Å². The van der Waals surface area contributed by atoms with Gasteiger partial charge in [-0.3, -0.25) is 4.79 Å². The number of fused-ring (bicyclic) bond motifs is 3. The highest BCUT2D eigenvalue weighted by atomic mass is 16.3. The van der Waals surface area contributed by atoms with Gasteiger partial charge >= 0.3 is 0 Å². The van der Waals surface area contributed by atoms with Gasteiger partial charge in [0.1, 0.15) is 5.75 Å². The predicted octanol–water partition coefficient (Wildman–Crippen LogP) is 2.14. The highest BCUT2D eigenvalue weighted by molar-refractivity contribution is 6.19. The summed E-state index contributed by atoms with van der Waals surface area (Å²) >= 11 is 0. The first-order chi connectivity index (χ1) is 8.61. The fourth-order valence-electron chi connectivity index (χ4n) is 2.48. The van der Waals surface area contributed by atoms with Gasteiger partial charge in [0.25, 0.3) is 0 Å². The molecule has 3 N–H and O–H groups in total. The zero-order valence-electron chi connectivity index (χ0n) is 9.84. The van der Waals surface area contributed by atoms with E-state index in [2.05, 4.69) is 0 Å². The van der Waals surface area contributed by atoms with E-state index >= 15 is 0 Å². The molecule has 0 unspecified atom stereocenters. The van der Waals surface area contributed by atoms with Gasteiger partial charge in [0.15, 0.2) is 0 Å². The van der Waals surface area contributed by atoms with Gasteiger partial charge in [-0.25, -0.2) is 0 Å². The lowest BCUT2D eigenvalue weighted by molar-refractivity contribution is 0.100. The summed E-state index contributed by atoms with van der Waals surface area (Å²) < 4.78 is 1.94. The fourth-order valence-corrected chi connectivity index (χ4v) is 2.48. The molecule has 0 bridgehead atoms. The number of primary amides is 1. The standard InChI is InChI=1S/C14H12N2O2/c1-16-9-5-2-4-8(14(15)18)12(9)13-10(16)6-3-7-11(13)17/h2-7,17H,1H3,(H2,15,18). The number of phenols is 1. The third-order valence-corrected chi connectivity index (χ3v) is 3.30. The maximum atomic E-state index is 11.5. The van der Waals surface area contributed by atoms with E-state index in [0.717, 1.165) is 11.0 Å². The van der Waals surface area contributed by atoms with Gasteiger partial charge in [-0.05, 0) is 24.3 Å². The Hall–Kier alpha value is -2.49. The minimum absolute atomic E-state index is 0.159. The van der Waals surface area contributed by atoms with Crippen molar-refractivity contribution in [3.8, 4) is 5.75 Å². The van der Waals surface area contributed by atoms with Crippen LogP contribution in [-0.4, -0.2) is 15.6 Å². The molecule has 0 radical (unpaired) electrons. The van der Waals surface area contributed by atoms with Crippen molar-refractivity contribution < 1.29 is 9.90 Å². The monoisotopic (exact) mass is 240 g/mol. The van der Waals surface area contributed by atoms with Crippen molar-refractivity contribution in [1.29, 1.82) is 0 Å². The molecule has 1 amide bonds. The van der Waals surface area contributed by atoms with E-state index < -0.39 is 5.91 Å². The Labute approximate surface area is 103 Å². The highest BCUT2D eigenvalue weighted by Crippen LogP contribution is 2.35. The molecular weight excluding hydrogens is 228 g/mol. The number of benzene rings is 2. The quantitative estimate of drug-likeness (QED) is 0.684. The van der Waals surface area contributed by atoms with E-state index in [1.807, 2.05) is 23.7 Å². The van der Waals surface area contributed by atoms with Gasteiger partial charge in [0.2, 0.25) is 5.91 Å². The Morgan fingerprint density at radius 2 is 1.72 bits per heavy atom. The maximum Gasteiger partial charge on any atom is 0.249 e. The van der Waals surface area contributed by atoms with E-state index in [1.165, 1.54) is 0 Å². The molecule has 18 heavy (non-hydrogen) atoms. The molecule has 0 saturated carbocycles. The number of rotatable bonds is 1. The Kier molecular flexibility index (Phi) is 2.07. The Morgan fingerprint density at radius 1 is 1.11 bits per heavy atom. The first-order valence-corrected chi connectivity index (χ1v) is 5.60. The van der Waals surface area contributed by atoms with Crippen LogP contribution in [0.1, 0.15) is 10.4 Å². The summed E-state index contributed by atoms with van der Waals surface area (Å²) in [5.41, 5.74) is 7.58. The summed E-state index contributed by atoms with van der Waals surface area (Å²) in [5.74, 6) is -0.330. The third kappa shape index (κ3) is 1.23. The SMILES string of the molecule is Cn1c2cccc(O)c2c2c(C(N)=O)cccc21. The first-order valence-electron chi connectivity index (χ1n) is 5.60. The van der Waals surface area contributed by atoms with Crippen LogP contribution >= 0.6 is 0 Å². The number of carbonyl (C=O) groups is 1. The van der Waals surface area contributed by atoms with Crippen molar-refractivity contribution >= 4 is 27.7 Å². The van der Waals surface area contributed by atoms with Gasteiger partial charge < -0.3 is 15.4 Å². The molecule has 90 valence electrons. The molecule has 0 aliphatic carbocycles. The summed E-state index contributed by atoms with van der Waals surface area (Å²) in [6.45, 7) is 0. The van der Waals surface area contributed by atoms with Crippen molar-refractivity contribution in [2.75, 3.05) is 0 Å². The minimum atomic E-state index is -0.489. The smallest absolute Gasteiger partial charge is 0.249 e. The zero-order chi connectivity index (χ0) is 12.9. The number of aromatic nitrogens is 1. The molecular formula is C14H12N2O2. The lowest BCUT2D eigenvalue weighted by Crippen LogP contribution is -2.11. The zero-order valence-corrected chi connectivity index (χ0v) is 9.84. The Morgan fingerprint density at radius 3 is 2.39 bits per heavy atom. The van der Waals surface area contributed by atoms with Crippen molar-refractivity contribution in [3.63, 3.8) is 0 Å². The number of carbonyl (C=O) groups excluding carboxylic acids is 1. The van der Waals surface area contributed by atoms with Gasteiger partial charge in [-0.1, -0.05) is 12.1 Å². The summed E-state index contributed by atoms with van der Waals surface area (Å²) in [6.07, 6.45) is 0. The maximum absolute atomic E-state index is 11.5. The van der Waals surface area contributed by atoms with Crippen LogP contribution in [0.4, 0.5) is 0 Å². The number of amides is 1. The third-order valence-electron chi connectivity index (χ3n) is 3.30. The van der Waals surface area contributed by atoms with E-state index in [4.69, 9.17) is 5.73 Å². The number of hydrogen-bond acceptors (Lipinski definition) is 2. The molecule has 0 aliphatic rings. The second kappa shape index (κ2) is 3.50. The summed E-state index contributed by atoms with van der Waals surface area (Å²) in [4.78, 5) is 11.5. The van der Waals surface area contributed by atoms with Crippen molar-refractivity contribution in [3.05, 3.63) is 42.0 Å². The van der Waals surface area contributed by atoms with Gasteiger partial charge in [-0.15, -0.1) is 0 Å². The topological polar surface area (TPSA) is 68.2 Å². The summed E-state index contributed by atoms with van der Waals surface area (Å²) in [5, 5.41) is 11.4. The van der Waals surface area contributed by atoms with E-state index in [-0.39, 0.29) is 5.75 Å². The van der Waals surface area contributed by atoms with Crippen LogP contribution in [0.15, 0.2) is 36.4 Å².